The van der Waals surface area contributed by atoms with Crippen LogP contribution in [-0.2, 0) is 0 Å². The van der Waals surface area contributed by atoms with E-state index in [0.29, 0.717) is 0 Å². The number of fused-ring (bicyclic) bond motifs is 3. The van der Waals surface area contributed by atoms with Crippen molar-refractivity contribution in [3.05, 3.63) is 71.6 Å². The molecule has 0 aliphatic carbocycles. The van der Waals surface area contributed by atoms with E-state index in [9.17, 15) is 0 Å². The summed E-state index contributed by atoms with van der Waals surface area (Å²) >= 11 is 0. The van der Waals surface area contributed by atoms with Crippen LogP contribution < -0.4 is 10.4 Å². The molecule has 0 N–H and O–H groups in total. The molecule has 0 bridgehead atoms. The van der Waals surface area contributed by atoms with Crippen molar-refractivity contribution in [3.8, 4) is 0 Å². The highest BCUT2D eigenvalue weighted by Gasteiger charge is 2.02. The van der Waals surface area contributed by atoms with Gasteiger partial charge in [0.05, 0.1) is 0 Å². The summed E-state index contributed by atoms with van der Waals surface area (Å²) in [6.07, 6.45) is 3.86. The van der Waals surface area contributed by atoms with Gasteiger partial charge in [-0.15, -0.1) is 0 Å². The Morgan fingerprint density at radius 1 is 0.722 bits per heavy atom. The smallest absolute Gasteiger partial charge is 0.00990 e. The standard InChI is InChI=1S/C18H14/c1-3-8-14-13(2)15-9-4-5-11-17(15)18-12-7-6-10-16(14)18/h3-12H,1-2H2/b14-8+. The summed E-state index contributed by atoms with van der Waals surface area (Å²) in [5.74, 6) is 0. The highest BCUT2D eigenvalue weighted by molar-refractivity contribution is 6.08. The van der Waals surface area contributed by atoms with Gasteiger partial charge in [-0.25, -0.2) is 0 Å². The number of rotatable bonds is 1. The van der Waals surface area contributed by atoms with Crippen molar-refractivity contribution in [1.82, 2.24) is 0 Å². The third-order valence-electron chi connectivity index (χ3n) is 3.37. The fraction of sp³-hybridized carbons (Fsp3) is 0. The summed E-state index contributed by atoms with van der Waals surface area (Å²) in [5.41, 5.74) is 0. The normalized spacial score (nSPS) is 12.1. The van der Waals surface area contributed by atoms with E-state index in [1.54, 1.807) is 0 Å². The zero-order valence-electron chi connectivity index (χ0n) is 10.2. The fourth-order valence-electron chi connectivity index (χ4n) is 2.55. The lowest BCUT2D eigenvalue weighted by molar-refractivity contribution is 1.64. The second-order valence-electron chi connectivity index (χ2n) is 4.39. The third-order valence-corrected chi connectivity index (χ3v) is 3.37. The second kappa shape index (κ2) is 4.15. The summed E-state index contributed by atoms with van der Waals surface area (Å²) in [6, 6.07) is 16.9. The second-order valence-corrected chi connectivity index (χ2v) is 4.39. The maximum atomic E-state index is 4.24. The molecule has 86 valence electrons. The van der Waals surface area contributed by atoms with Gasteiger partial charge in [0, 0.05) is 0 Å². The van der Waals surface area contributed by atoms with Crippen LogP contribution in [0.3, 0.4) is 0 Å². The molecular formula is C18H14. The zero-order chi connectivity index (χ0) is 12.5. The molecule has 0 atom stereocenters. The van der Waals surface area contributed by atoms with Crippen LogP contribution in [0.1, 0.15) is 0 Å². The average molecular weight is 230 g/mol. The Labute approximate surface area is 106 Å². The molecule has 0 saturated heterocycles. The van der Waals surface area contributed by atoms with Crippen molar-refractivity contribution in [3.63, 3.8) is 0 Å². The van der Waals surface area contributed by atoms with Crippen molar-refractivity contribution in [1.29, 1.82) is 0 Å². The minimum atomic E-state index is 1.07. The topological polar surface area (TPSA) is 0 Å². The molecule has 3 aromatic carbocycles. The van der Waals surface area contributed by atoms with E-state index in [4.69, 9.17) is 0 Å². The van der Waals surface area contributed by atoms with Crippen molar-refractivity contribution in [2.75, 3.05) is 0 Å². The zero-order valence-corrected chi connectivity index (χ0v) is 10.2. The van der Waals surface area contributed by atoms with Crippen LogP contribution in [0.25, 0.3) is 34.2 Å². The van der Waals surface area contributed by atoms with E-state index in [2.05, 4.69) is 61.7 Å². The maximum Gasteiger partial charge on any atom is -0.00990 e. The van der Waals surface area contributed by atoms with Gasteiger partial charge < -0.3 is 0 Å². The van der Waals surface area contributed by atoms with Gasteiger partial charge >= 0.3 is 0 Å². The van der Waals surface area contributed by atoms with E-state index in [1.807, 2.05) is 12.2 Å². The molecule has 0 heteroatoms. The molecule has 0 unspecified atom stereocenters. The first kappa shape index (κ1) is 10.8. The molecule has 0 radical (unpaired) electrons. The predicted octanol–water partition coefficient (Wildman–Crippen LogP) is 3.37. The summed E-state index contributed by atoms with van der Waals surface area (Å²) in [6.45, 7) is 8.04. The van der Waals surface area contributed by atoms with Crippen molar-refractivity contribution >= 4 is 34.2 Å². The van der Waals surface area contributed by atoms with Crippen LogP contribution >= 0.6 is 0 Å². The Hall–Kier alpha value is -2.34. The van der Waals surface area contributed by atoms with Crippen LogP contribution in [0.15, 0.2) is 61.2 Å². The minimum Gasteiger partial charge on any atom is -0.0990 e. The van der Waals surface area contributed by atoms with E-state index >= 15 is 0 Å². The number of allylic oxidation sites excluding steroid dienone is 1. The van der Waals surface area contributed by atoms with E-state index in [0.717, 1.165) is 5.22 Å². The molecular weight excluding hydrogens is 216 g/mol. The van der Waals surface area contributed by atoms with Crippen molar-refractivity contribution in [2.45, 2.75) is 0 Å². The third kappa shape index (κ3) is 1.46. The van der Waals surface area contributed by atoms with Gasteiger partial charge in [-0.2, -0.15) is 0 Å². The van der Waals surface area contributed by atoms with Crippen LogP contribution in [0, 0.1) is 0 Å². The van der Waals surface area contributed by atoms with E-state index < -0.39 is 0 Å². The lowest BCUT2D eigenvalue weighted by Crippen LogP contribution is -2.24. The fourth-order valence-corrected chi connectivity index (χ4v) is 2.55. The van der Waals surface area contributed by atoms with Crippen LogP contribution in [0.5, 0.6) is 0 Å². The predicted molar refractivity (Wildman–Crippen MR) is 80.9 cm³/mol. The Morgan fingerprint density at radius 3 is 1.83 bits per heavy atom. The highest BCUT2D eigenvalue weighted by Crippen LogP contribution is 2.19. The average Bonchev–Trinajstić information content (AvgIpc) is 2.43. The summed E-state index contributed by atoms with van der Waals surface area (Å²) < 4.78 is 0. The quantitative estimate of drug-likeness (QED) is 0.562. The number of hydrogen-bond acceptors (Lipinski definition) is 0. The van der Waals surface area contributed by atoms with E-state index in [1.165, 1.54) is 26.8 Å². The van der Waals surface area contributed by atoms with Gasteiger partial charge in [0.15, 0.2) is 0 Å². The first-order chi connectivity index (χ1) is 8.83. The summed E-state index contributed by atoms with van der Waals surface area (Å²) in [7, 11) is 0. The monoisotopic (exact) mass is 230 g/mol. The lowest BCUT2D eigenvalue weighted by Gasteiger charge is -2.06. The van der Waals surface area contributed by atoms with Crippen molar-refractivity contribution in [2.24, 2.45) is 0 Å². The molecule has 0 amide bonds. The Bertz CT molecular complexity index is 854. The lowest BCUT2D eigenvalue weighted by atomic mass is 9.98. The Kier molecular flexibility index (Phi) is 2.49. The molecule has 0 aliphatic rings. The summed E-state index contributed by atoms with van der Waals surface area (Å²) in [5, 5.41) is 7.22. The molecule has 0 aromatic heterocycles. The van der Waals surface area contributed by atoms with E-state index in [-0.39, 0.29) is 0 Å². The molecule has 0 nitrogen and oxygen atoms in total. The first-order valence-electron chi connectivity index (χ1n) is 6.04. The van der Waals surface area contributed by atoms with Gasteiger partial charge in [-0.1, -0.05) is 73.8 Å². The van der Waals surface area contributed by atoms with Gasteiger partial charge in [0.2, 0.25) is 0 Å². The largest absolute Gasteiger partial charge is 0.0990 e. The minimum absolute atomic E-state index is 1.07. The number of hydrogen-bond donors (Lipinski definition) is 0. The summed E-state index contributed by atoms with van der Waals surface area (Å²) in [4.78, 5) is 0. The molecule has 0 aliphatic heterocycles. The van der Waals surface area contributed by atoms with Crippen LogP contribution in [0.2, 0.25) is 0 Å². The molecule has 3 rings (SSSR count). The van der Waals surface area contributed by atoms with Crippen LogP contribution in [-0.4, -0.2) is 0 Å². The Morgan fingerprint density at radius 2 is 1.22 bits per heavy atom. The Balaban J connectivity index is 2.76. The van der Waals surface area contributed by atoms with Gasteiger partial charge in [-0.3, -0.25) is 0 Å². The van der Waals surface area contributed by atoms with Crippen LogP contribution in [0.4, 0.5) is 0 Å². The SMILES string of the molecule is C=C/C=c1\c(=C)c2ccccc2c2ccccc12. The first-order valence-corrected chi connectivity index (χ1v) is 6.04. The van der Waals surface area contributed by atoms with Crippen molar-refractivity contribution < 1.29 is 0 Å². The molecule has 0 fully saturated rings. The highest BCUT2D eigenvalue weighted by atomic mass is 14.1. The molecule has 0 heterocycles. The maximum absolute atomic E-state index is 4.24. The molecule has 0 saturated carbocycles. The van der Waals surface area contributed by atoms with Gasteiger partial charge in [0.25, 0.3) is 0 Å². The molecule has 3 aromatic rings. The molecule has 18 heavy (non-hydrogen) atoms. The van der Waals surface area contributed by atoms with Gasteiger partial charge in [-0.05, 0) is 32.0 Å². The molecule has 0 spiro atoms. The number of benzene rings is 3. The van der Waals surface area contributed by atoms with Gasteiger partial charge in [0.1, 0.15) is 0 Å².